The van der Waals surface area contributed by atoms with Crippen LogP contribution >= 0.6 is 22.7 Å². The van der Waals surface area contributed by atoms with Gasteiger partial charge < -0.3 is 10.2 Å². The van der Waals surface area contributed by atoms with Gasteiger partial charge in [-0.15, -0.1) is 22.7 Å². The van der Waals surface area contributed by atoms with E-state index in [4.69, 9.17) is 0 Å². The number of piperidine rings is 1. The lowest BCUT2D eigenvalue weighted by atomic mass is 9.97. The molecular formula is C21H21N3O2S2. The minimum Gasteiger partial charge on any atom is -0.337 e. The fourth-order valence-electron chi connectivity index (χ4n) is 3.33. The zero-order valence-corrected chi connectivity index (χ0v) is 17.2. The summed E-state index contributed by atoms with van der Waals surface area (Å²) in [6, 6.07) is 11.9. The number of hydrogen-bond acceptors (Lipinski definition) is 5. The van der Waals surface area contributed by atoms with Crippen molar-refractivity contribution in [3.8, 4) is 11.3 Å². The van der Waals surface area contributed by atoms with Crippen molar-refractivity contribution in [2.45, 2.75) is 19.8 Å². The van der Waals surface area contributed by atoms with Crippen molar-refractivity contribution in [2.75, 3.05) is 18.4 Å². The van der Waals surface area contributed by atoms with Crippen LogP contribution in [0.5, 0.6) is 0 Å². The highest BCUT2D eigenvalue weighted by Gasteiger charge is 2.29. The van der Waals surface area contributed by atoms with E-state index >= 15 is 0 Å². The summed E-state index contributed by atoms with van der Waals surface area (Å²) in [5.41, 5.74) is 3.10. The van der Waals surface area contributed by atoms with E-state index in [1.807, 2.05) is 54.1 Å². The van der Waals surface area contributed by atoms with Gasteiger partial charge in [0.25, 0.3) is 5.91 Å². The number of anilines is 1. The molecule has 1 unspecified atom stereocenters. The van der Waals surface area contributed by atoms with E-state index in [0.29, 0.717) is 18.2 Å². The first-order valence-electron chi connectivity index (χ1n) is 9.26. The maximum atomic E-state index is 12.7. The highest BCUT2D eigenvalue weighted by Crippen LogP contribution is 2.27. The van der Waals surface area contributed by atoms with Crippen molar-refractivity contribution in [1.82, 2.24) is 9.88 Å². The Bertz CT molecular complexity index is 964. The van der Waals surface area contributed by atoms with Crippen molar-refractivity contribution < 1.29 is 9.59 Å². The summed E-state index contributed by atoms with van der Waals surface area (Å²) in [7, 11) is 0. The van der Waals surface area contributed by atoms with Crippen LogP contribution in [0.4, 0.5) is 5.13 Å². The van der Waals surface area contributed by atoms with Gasteiger partial charge in [-0.05, 0) is 31.2 Å². The average molecular weight is 412 g/mol. The average Bonchev–Trinajstić information content (AvgIpc) is 3.40. The number of thiazole rings is 1. The van der Waals surface area contributed by atoms with Crippen LogP contribution in [0.1, 0.15) is 28.1 Å². The molecule has 1 aliphatic rings. The molecule has 5 nitrogen and oxygen atoms in total. The largest absolute Gasteiger partial charge is 0.337 e. The van der Waals surface area contributed by atoms with Crippen molar-refractivity contribution in [2.24, 2.45) is 5.92 Å². The standard InChI is InChI=1S/C21H21N3O2S2/c1-14-6-8-15(9-7-14)17-13-28-21(22-17)23-19(25)16-4-2-10-24(12-16)20(26)18-5-3-11-27-18/h3,5-9,11,13,16H,2,4,10,12H2,1H3,(H,22,23,25). The molecule has 1 aliphatic heterocycles. The van der Waals surface area contributed by atoms with Gasteiger partial charge in [-0.1, -0.05) is 35.9 Å². The second-order valence-corrected chi connectivity index (χ2v) is 8.77. The number of likely N-dealkylation sites (tertiary alicyclic amines) is 1. The predicted molar refractivity (Wildman–Crippen MR) is 114 cm³/mol. The van der Waals surface area contributed by atoms with Crippen LogP contribution in [-0.2, 0) is 4.79 Å². The van der Waals surface area contributed by atoms with Gasteiger partial charge in [-0.3, -0.25) is 9.59 Å². The quantitative estimate of drug-likeness (QED) is 0.679. The van der Waals surface area contributed by atoms with Gasteiger partial charge in [0.2, 0.25) is 5.91 Å². The molecule has 2 aromatic heterocycles. The van der Waals surface area contributed by atoms with E-state index < -0.39 is 0 Å². The van der Waals surface area contributed by atoms with Gasteiger partial charge in [0.15, 0.2) is 5.13 Å². The topological polar surface area (TPSA) is 62.3 Å². The molecule has 7 heteroatoms. The summed E-state index contributed by atoms with van der Waals surface area (Å²) < 4.78 is 0. The number of carbonyl (C=O) groups is 2. The van der Waals surface area contributed by atoms with E-state index in [2.05, 4.69) is 10.3 Å². The number of benzene rings is 1. The normalized spacial score (nSPS) is 16.8. The fraction of sp³-hybridized carbons (Fsp3) is 0.286. The van der Waals surface area contributed by atoms with E-state index in [-0.39, 0.29) is 17.7 Å². The SMILES string of the molecule is Cc1ccc(-c2csc(NC(=O)C3CCCN(C(=O)c4cccs4)C3)n2)cc1. The maximum absolute atomic E-state index is 12.7. The number of nitrogens with zero attached hydrogens (tertiary/aromatic N) is 2. The van der Waals surface area contributed by atoms with E-state index in [1.54, 1.807) is 4.90 Å². The molecule has 0 spiro atoms. The second-order valence-electron chi connectivity index (χ2n) is 6.96. The molecule has 4 rings (SSSR count). The molecule has 144 valence electrons. The Labute approximate surface area is 172 Å². The van der Waals surface area contributed by atoms with Crippen molar-refractivity contribution in [3.05, 3.63) is 57.6 Å². The Balaban J connectivity index is 1.39. The van der Waals surface area contributed by atoms with Gasteiger partial charge in [-0.25, -0.2) is 4.98 Å². The first kappa shape index (κ1) is 18.8. The predicted octanol–water partition coefficient (Wildman–Crippen LogP) is 4.67. The lowest BCUT2D eigenvalue weighted by molar-refractivity contribution is -0.121. The van der Waals surface area contributed by atoms with Crippen LogP contribution in [0.25, 0.3) is 11.3 Å². The smallest absolute Gasteiger partial charge is 0.263 e. The van der Waals surface area contributed by atoms with Gasteiger partial charge in [0, 0.05) is 24.0 Å². The van der Waals surface area contributed by atoms with E-state index in [1.165, 1.54) is 28.2 Å². The van der Waals surface area contributed by atoms with Gasteiger partial charge in [0.1, 0.15) is 0 Å². The summed E-state index contributed by atoms with van der Waals surface area (Å²) in [4.78, 5) is 32.4. The zero-order chi connectivity index (χ0) is 19.5. The Hall–Kier alpha value is -2.51. The Morgan fingerprint density at radius 1 is 1.18 bits per heavy atom. The van der Waals surface area contributed by atoms with Crippen molar-refractivity contribution >= 4 is 39.6 Å². The molecule has 1 atom stereocenters. The van der Waals surface area contributed by atoms with E-state index in [9.17, 15) is 9.59 Å². The molecule has 2 amide bonds. The molecule has 1 aromatic carbocycles. The molecule has 0 radical (unpaired) electrons. The minimum absolute atomic E-state index is 0.0170. The molecule has 3 heterocycles. The number of carbonyl (C=O) groups excluding carboxylic acids is 2. The summed E-state index contributed by atoms with van der Waals surface area (Å²) in [5.74, 6) is -0.249. The highest BCUT2D eigenvalue weighted by molar-refractivity contribution is 7.14. The summed E-state index contributed by atoms with van der Waals surface area (Å²) in [6.45, 7) is 3.21. The fourth-order valence-corrected chi connectivity index (χ4v) is 4.74. The molecule has 28 heavy (non-hydrogen) atoms. The number of rotatable bonds is 4. The number of hydrogen-bond donors (Lipinski definition) is 1. The minimum atomic E-state index is -0.204. The van der Waals surface area contributed by atoms with Gasteiger partial charge in [0.05, 0.1) is 16.5 Å². The maximum Gasteiger partial charge on any atom is 0.263 e. The number of aryl methyl sites for hydroxylation is 1. The lowest BCUT2D eigenvalue weighted by Gasteiger charge is -2.31. The number of amides is 2. The van der Waals surface area contributed by atoms with Crippen LogP contribution < -0.4 is 5.32 Å². The van der Waals surface area contributed by atoms with Crippen molar-refractivity contribution in [3.63, 3.8) is 0 Å². The summed E-state index contributed by atoms with van der Waals surface area (Å²) in [6.07, 6.45) is 1.62. The first-order chi connectivity index (χ1) is 13.6. The molecule has 1 N–H and O–H groups in total. The number of aromatic nitrogens is 1. The van der Waals surface area contributed by atoms with Crippen LogP contribution in [0.2, 0.25) is 0 Å². The van der Waals surface area contributed by atoms with Gasteiger partial charge >= 0.3 is 0 Å². The Kier molecular flexibility index (Phi) is 5.54. The number of thiophene rings is 1. The monoisotopic (exact) mass is 411 g/mol. The molecule has 0 aliphatic carbocycles. The Morgan fingerprint density at radius 3 is 2.75 bits per heavy atom. The molecule has 0 bridgehead atoms. The molecule has 1 saturated heterocycles. The highest BCUT2D eigenvalue weighted by atomic mass is 32.1. The van der Waals surface area contributed by atoms with Crippen molar-refractivity contribution in [1.29, 1.82) is 0 Å². The van der Waals surface area contributed by atoms with Gasteiger partial charge in [-0.2, -0.15) is 0 Å². The van der Waals surface area contributed by atoms with Crippen LogP contribution in [0, 0.1) is 12.8 Å². The Morgan fingerprint density at radius 2 is 2.00 bits per heavy atom. The third kappa shape index (κ3) is 4.15. The summed E-state index contributed by atoms with van der Waals surface area (Å²) in [5, 5.41) is 7.39. The summed E-state index contributed by atoms with van der Waals surface area (Å²) >= 11 is 2.86. The molecule has 0 saturated carbocycles. The van der Waals surface area contributed by atoms with E-state index in [0.717, 1.165) is 29.0 Å². The third-order valence-electron chi connectivity index (χ3n) is 4.89. The van der Waals surface area contributed by atoms with Crippen LogP contribution in [0.15, 0.2) is 47.2 Å². The zero-order valence-electron chi connectivity index (χ0n) is 15.6. The van der Waals surface area contributed by atoms with Crippen LogP contribution in [0.3, 0.4) is 0 Å². The third-order valence-corrected chi connectivity index (χ3v) is 6.51. The first-order valence-corrected chi connectivity index (χ1v) is 11.0. The molecule has 3 aromatic rings. The second kappa shape index (κ2) is 8.24. The molecular weight excluding hydrogens is 390 g/mol. The number of nitrogens with one attached hydrogen (secondary N) is 1. The van der Waals surface area contributed by atoms with Crippen LogP contribution in [-0.4, -0.2) is 34.8 Å². The molecule has 1 fully saturated rings. The lowest BCUT2D eigenvalue weighted by Crippen LogP contribution is -2.43.